The first kappa shape index (κ1) is 19.0. The zero-order valence-corrected chi connectivity index (χ0v) is 14.6. The summed E-state index contributed by atoms with van der Waals surface area (Å²) in [7, 11) is 0. The van der Waals surface area contributed by atoms with E-state index in [1.54, 1.807) is 19.1 Å². The van der Waals surface area contributed by atoms with Gasteiger partial charge in [-0.15, -0.1) is 0 Å². The zero-order valence-electron chi connectivity index (χ0n) is 14.6. The number of esters is 1. The van der Waals surface area contributed by atoms with Gasteiger partial charge in [0.2, 0.25) is 0 Å². The largest absolute Gasteiger partial charge is 0.462 e. The maximum Gasteiger partial charge on any atom is 0.407 e. The Balaban J connectivity index is 2.62. The molecule has 0 spiro atoms. The molecule has 0 saturated heterocycles. The fourth-order valence-electron chi connectivity index (χ4n) is 2.05. The van der Waals surface area contributed by atoms with Crippen LogP contribution in [0.5, 0.6) is 0 Å². The van der Waals surface area contributed by atoms with Crippen LogP contribution in [0, 0.1) is 0 Å². The third kappa shape index (κ3) is 7.17. The normalized spacial score (nSPS) is 12.4. The molecule has 1 aromatic carbocycles. The smallest absolute Gasteiger partial charge is 0.407 e. The number of carbonyl (C=O) groups is 2. The lowest BCUT2D eigenvalue weighted by molar-refractivity contribution is 0.0499. The van der Waals surface area contributed by atoms with E-state index in [-0.39, 0.29) is 12.0 Å². The van der Waals surface area contributed by atoms with E-state index in [9.17, 15) is 9.59 Å². The quantitative estimate of drug-likeness (QED) is 0.811. The Morgan fingerprint density at radius 2 is 1.74 bits per heavy atom. The molecular formula is C18H27NO4. The highest BCUT2D eigenvalue weighted by atomic mass is 16.6. The molecule has 0 aromatic heterocycles. The standard InChI is InChI=1S/C18H27NO4/c1-6-15(19-17(21)23-18(3,4)5)12-13-8-10-14(11-9-13)16(20)22-7-2/h8-11,15H,6-7,12H2,1-5H3,(H,19,21). The van der Waals surface area contributed by atoms with Crippen molar-refractivity contribution in [1.29, 1.82) is 0 Å². The summed E-state index contributed by atoms with van der Waals surface area (Å²) in [5, 5.41) is 2.88. The van der Waals surface area contributed by atoms with Gasteiger partial charge in [0.15, 0.2) is 0 Å². The van der Waals surface area contributed by atoms with Crippen LogP contribution in [-0.4, -0.2) is 30.3 Å². The van der Waals surface area contributed by atoms with Crippen LogP contribution in [0.15, 0.2) is 24.3 Å². The molecule has 0 saturated carbocycles. The van der Waals surface area contributed by atoms with Gasteiger partial charge in [0.25, 0.3) is 0 Å². The Morgan fingerprint density at radius 1 is 1.13 bits per heavy atom. The van der Waals surface area contributed by atoms with Crippen molar-refractivity contribution in [2.24, 2.45) is 0 Å². The highest BCUT2D eigenvalue weighted by Crippen LogP contribution is 2.11. The molecule has 23 heavy (non-hydrogen) atoms. The summed E-state index contributed by atoms with van der Waals surface area (Å²) in [6.45, 7) is 9.65. The van der Waals surface area contributed by atoms with E-state index in [4.69, 9.17) is 9.47 Å². The minimum atomic E-state index is -0.510. The second-order valence-corrected chi connectivity index (χ2v) is 6.37. The molecule has 0 aliphatic heterocycles. The minimum absolute atomic E-state index is 0.0155. The monoisotopic (exact) mass is 321 g/mol. The predicted molar refractivity (Wildman–Crippen MR) is 89.6 cm³/mol. The van der Waals surface area contributed by atoms with Crippen LogP contribution in [0.1, 0.15) is 57.0 Å². The molecule has 128 valence electrons. The van der Waals surface area contributed by atoms with Gasteiger partial charge in [0.05, 0.1) is 12.2 Å². The third-order valence-electron chi connectivity index (χ3n) is 3.16. The summed E-state index contributed by atoms with van der Waals surface area (Å²) < 4.78 is 10.2. The summed E-state index contributed by atoms with van der Waals surface area (Å²) in [4.78, 5) is 23.5. The molecule has 1 atom stereocenters. The molecule has 1 aromatic rings. The van der Waals surface area contributed by atoms with Crippen molar-refractivity contribution in [3.05, 3.63) is 35.4 Å². The first-order chi connectivity index (χ1) is 10.7. The summed E-state index contributed by atoms with van der Waals surface area (Å²) in [5.74, 6) is -0.321. The number of hydrogen-bond donors (Lipinski definition) is 1. The Morgan fingerprint density at radius 3 is 2.22 bits per heavy atom. The average molecular weight is 321 g/mol. The van der Waals surface area contributed by atoms with E-state index in [1.165, 1.54) is 0 Å². The molecule has 1 rings (SSSR count). The van der Waals surface area contributed by atoms with E-state index in [2.05, 4.69) is 5.32 Å². The second-order valence-electron chi connectivity index (χ2n) is 6.37. The van der Waals surface area contributed by atoms with Crippen LogP contribution in [0.4, 0.5) is 4.79 Å². The fraction of sp³-hybridized carbons (Fsp3) is 0.556. The van der Waals surface area contributed by atoms with Gasteiger partial charge in [-0.25, -0.2) is 9.59 Å². The third-order valence-corrected chi connectivity index (χ3v) is 3.16. The maximum atomic E-state index is 11.8. The van der Waals surface area contributed by atoms with Crippen molar-refractivity contribution < 1.29 is 19.1 Å². The summed E-state index contributed by atoms with van der Waals surface area (Å²) in [5.41, 5.74) is 1.06. The first-order valence-electron chi connectivity index (χ1n) is 8.00. The number of carbonyl (C=O) groups excluding carboxylic acids is 2. The zero-order chi connectivity index (χ0) is 17.5. The van der Waals surface area contributed by atoms with Crippen molar-refractivity contribution in [2.45, 2.75) is 59.1 Å². The Kier molecular flexibility index (Phi) is 7.07. The molecule has 5 heteroatoms. The summed E-state index contributed by atoms with van der Waals surface area (Å²) in [6.07, 6.45) is 1.06. The highest BCUT2D eigenvalue weighted by Gasteiger charge is 2.19. The van der Waals surface area contributed by atoms with Crippen LogP contribution >= 0.6 is 0 Å². The van der Waals surface area contributed by atoms with Gasteiger partial charge in [-0.3, -0.25) is 0 Å². The molecule has 0 bridgehead atoms. The van der Waals surface area contributed by atoms with Gasteiger partial charge in [0.1, 0.15) is 5.60 Å². The molecule has 1 unspecified atom stereocenters. The van der Waals surface area contributed by atoms with E-state index in [1.807, 2.05) is 39.8 Å². The molecule has 0 radical (unpaired) electrons. The number of ether oxygens (including phenoxy) is 2. The molecule has 5 nitrogen and oxygen atoms in total. The number of hydrogen-bond acceptors (Lipinski definition) is 4. The van der Waals surface area contributed by atoms with Crippen molar-refractivity contribution in [3.63, 3.8) is 0 Å². The molecular weight excluding hydrogens is 294 g/mol. The SMILES string of the molecule is CCOC(=O)c1ccc(CC(CC)NC(=O)OC(C)(C)C)cc1. The topological polar surface area (TPSA) is 64.6 Å². The van der Waals surface area contributed by atoms with Crippen LogP contribution in [0.3, 0.4) is 0 Å². The first-order valence-corrected chi connectivity index (χ1v) is 8.00. The van der Waals surface area contributed by atoms with Crippen molar-refractivity contribution in [1.82, 2.24) is 5.32 Å². The maximum absolute atomic E-state index is 11.8. The van der Waals surface area contributed by atoms with Crippen molar-refractivity contribution in [2.75, 3.05) is 6.61 Å². The summed E-state index contributed by atoms with van der Waals surface area (Å²) in [6, 6.07) is 7.23. The van der Waals surface area contributed by atoms with Gasteiger partial charge in [-0.2, -0.15) is 0 Å². The minimum Gasteiger partial charge on any atom is -0.462 e. The Labute approximate surface area is 138 Å². The van der Waals surface area contributed by atoms with E-state index in [0.29, 0.717) is 18.6 Å². The van der Waals surface area contributed by atoms with Crippen molar-refractivity contribution >= 4 is 12.1 Å². The Hall–Kier alpha value is -2.04. The molecule has 0 fully saturated rings. The molecule has 1 amide bonds. The number of rotatable bonds is 6. The number of amides is 1. The number of nitrogens with one attached hydrogen (secondary N) is 1. The molecule has 1 N–H and O–H groups in total. The number of benzene rings is 1. The van der Waals surface area contributed by atoms with Gasteiger partial charge < -0.3 is 14.8 Å². The van der Waals surface area contributed by atoms with Gasteiger partial charge in [0, 0.05) is 6.04 Å². The lowest BCUT2D eigenvalue weighted by Gasteiger charge is -2.23. The van der Waals surface area contributed by atoms with Crippen LogP contribution in [0.2, 0.25) is 0 Å². The molecule has 0 aliphatic carbocycles. The van der Waals surface area contributed by atoms with Gasteiger partial charge in [-0.05, 0) is 58.2 Å². The van der Waals surface area contributed by atoms with E-state index < -0.39 is 11.7 Å². The van der Waals surface area contributed by atoms with E-state index >= 15 is 0 Å². The Bertz CT molecular complexity index is 517. The van der Waals surface area contributed by atoms with Gasteiger partial charge >= 0.3 is 12.1 Å². The fourth-order valence-corrected chi connectivity index (χ4v) is 2.05. The molecule has 0 aliphatic rings. The summed E-state index contributed by atoms with van der Waals surface area (Å²) >= 11 is 0. The van der Waals surface area contributed by atoms with Crippen LogP contribution in [-0.2, 0) is 15.9 Å². The molecule has 0 heterocycles. The van der Waals surface area contributed by atoms with Crippen molar-refractivity contribution in [3.8, 4) is 0 Å². The second kappa shape index (κ2) is 8.56. The van der Waals surface area contributed by atoms with E-state index in [0.717, 1.165) is 12.0 Å². The predicted octanol–water partition coefficient (Wildman–Crippen LogP) is 3.71. The lowest BCUT2D eigenvalue weighted by atomic mass is 10.0. The lowest BCUT2D eigenvalue weighted by Crippen LogP contribution is -2.39. The highest BCUT2D eigenvalue weighted by molar-refractivity contribution is 5.89. The van der Waals surface area contributed by atoms with Gasteiger partial charge in [-0.1, -0.05) is 19.1 Å². The number of alkyl carbamates (subject to hydrolysis) is 1. The van der Waals surface area contributed by atoms with Crippen LogP contribution < -0.4 is 5.32 Å². The van der Waals surface area contributed by atoms with Crippen LogP contribution in [0.25, 0.3) is 0 Å². The average Bonchev–Trinajstić information content (AvgIpc) is 2.45.